The number of fused-ring (bicyclic) bond motifs is 1. The van der Waals surface area contributed by atoms with Gasteiger partial charge in [-0.2, -0.15) is 0 Å². The first kappa shape index (κ1) is 25.1. The Morgan fingerprint density at radius 2 is 1.66 bits per heavy atom. The molecule has 2 saturated heterocycles. The lowest BCUT2D eigenvalue weighted by molar-refractivity contribution is 0.122. The first-order chi connectivity index (χ1) is 18.8. The maximum Gasteiger partial charge on any atom is 0.223 e. The minimum absolute atomic E-state index is 0.144. The fourth-order valence-electron chi connectivity index (χ4n) is 5.57. The molecule has 3 fully saturated rings. The van der Waals surface area contributed by atoms with Crippen molar-refractivity contribution in [1.29, 1.82) is 0 Å². The smallest absolute Gasteiger partial charge is 0.223 e. The van der Waals surface area contributed by atoms with Gasteiger partial charge in [-0.3, -0.25) is 9.88 Å². The molecule has 0 bridgehead atoms. The van der Waals surface area contributed by atoms with Gasteiger partial charge in [0.2, 0.25) is 5.95 Å². The zero-order chi connectivity index (χ0) is 25.6. The molecule has 3 aliphatic rings. The minimum Gasteiger partial charge on any atom is -0.489 e. The fraction of sp³-hybridized carbons (Fsp3) is 0.571. The van der Waals surface area contributed by atoms with Crippen LogP contribution in [0.15, 0.2) is 36.9 Å². The first-order valence-electron chi connectivity index (χ1n) is 14.0. The summed E-state index contributed by atoms with van der Waals surface area (Å²) in [7, 11) is 0. The number of anilines is 2. The number of benzene rings is 1. The van der Waals surface area contributed by atoms with Gasteiger partial charge in [0.1, 0.15) is 17.9 Å². The van der Waals surface area contributed by atoms with Crippen LogP contribution in [0.25, 0.3) is 11.0 Å². The van der Waals surface area contributed by atoms with Crippen molar-refractivity contribution in [3.63, 3.8) is 0 Å². The molecule has 10 nitrogen and oxygen atoms in total. The van der Waals surface area contributed by atoms with E-state index in [9.17, 15) is 0 Å². The molecule has 1 aliphatic carbocycles. The van der Waals surface area contributed by atoms with Crippen LogP contribution in [-0.4, -0.2) is 89.5 Å². The molecule has 0 radical (unpaired) electrons. The predicted octanol–water partition coefficient (Wildman–Crippen LogP) is 3.53. The Kier molecular flexibility index (Phi) is 7.97. The average Bonchev–Trinajstić information content (AvgIpc) is 3.49. The SMILES string of the molecule is c1cnc2c(OC3CCC(Nc4ncc(OCCN5CCCC5)cn4)CC3)cc(N3CCOCC3)cc2n1. The third-order valence-corrected chi connectivity index (χ3v) is 7.70. The van der Waals surface area contributed by atoms with Crippen molar-refractivity contribution in [2.75, 3.05) is 62.8 Å². The van der Waals surface area contributed by atoms with Crippen LogP contribution < -0.4 is 19.7 Å². The highest BCUT2D eigenvalue weighted by atomic mass is 16.5. The molecule has 3 aromatic rings. The van der Waals surface area contributed by atoms with Crippen LogP contribution in [0.1, 0.15) is 38.5 Å². The molecule has 38 heavy (non-hydrogen) atoms. The molecule has 1 aromatic carbocycles. The van der Waals surface area contributed by atoms with E-state index >= 15 is 0 Å². The Labute approximate surface area is 223 Å². The number of rotatable bonds is 9. The lowest BCUT2D eigenvalue weighted by Crippen LogP contribution is -2.36. The molecule has 0 unspecified atom stereocenters. The van der Waals surface area contributed by atoms with Gasteiger partial charge in [0.25, 0.3) is 0 Å². The predicted molar refractivity (Wildman–Crippen MR) is 146 cm³/mol. The van der Waals surface area contributed by atoms with E-state index in [-0.39, 0.29) is 6.10 Å². The van der Waals surface area contributed by atoms with Crippen LogP contribution in [0.2, 0.25) is 0 Å². The average molecular weight is 520 g/mol. The monoisotopic (exact) mass is 519 g/mol. The van der Waals surface area contributed by atoms with Crippen LogP contribution in [0, 0.1) is 0 Å². The normalized spacial score (nSPS) is 22.5. The van der Waals surface area contributed by atoms with Crippen LogP contribution in [0.4, 0.5) is 11.6 Å². The zero-order valence-corrected chi connectivity index (χ0v) is 21.9. The third-order valence-electron chi connectivity index (χ3n) is 7.70. The second kappa shape index (κ2) is 12.1. The van der Waals surface area contributed by atoms with E-state index in [1.165, 1.54) is 25.9 Å². The second-order valence-electron chi connectivity index (χ2n) is 10.3. The van der Waals surface area contributed by atoms with Crippen molar-refractivity contribution < 1.29 is 14.2 Å². The lowest BCUT2D eigenvalue weighted by atomic mass is 9.93. The van der Waals surface area contributed by atoms with Gasteiger partial charge < -0.3 is 24.4 Å². The summed E-state index contributed by atoms with van der Waals surface area (Å²) < 4.78 is 17.9. The number of likely N-dealkylation sites (tertiary alicyclic amines) is 1. The van der Waals surface area contributed by atoms with E-state index in [1.54, 1.807) is 24.8 Å². The maximum atomic E-state index is 6.55. The molecule has 10 heteroatoms. The van der Waals surface area contributed by atoms with E-state index in [1.807, 2.05) is 0 Å². The molecule has 6 rings (SSSR count). The molecule has 4 heterocycles. The molecule has 202 valence electrons. The van der Waals surface area contributed by atoms with Crippen LogP contribution in [-0.2, 0) is 4.74 Å². The Morgan fingerprint density at radius 3 is 2.45 bits per heavy atom. The Bertz CT molecular complexity index is 1170. The van der Waals surface area contributed by atoms with E-state index < -0.39 is 0 Å². The highest BCUT2D eigenvalue weighted by Crippen LogP contribution is 2.33. The highest BCUT2D eigenvalue weighted by Gasteiger charge is 2.25. The molecular weight excluding hydrogens is 482 g/mol. The van der Waals surface area contributed by atoms with Gasteiger partial charge in [0.15, 0.2) is 5.75 Å². The summed E-state index contributed by atoms with van der Waals surface area (Å²) in [4.78, 5) is 22.9. The quantitative estimate of drug-likeness (QED) is 0.452. The van der Waals surface area contributed by atoms with E-state index in [4.69, 9.17) is 14.2 Å². The summed E-state index contributed by atoms with van der Waals surface area (Å²) in [5.41, 5.74) is 2.80. The summed E-state index contributed by atoms with van der Waals surface area (Å²) in [5.74, 6) is 2.19. The van der Waals surface area contributed by atoms with Crippen molar-refractivity contribution in [3.8, 4) is 11.5 Å². The fourth-order valence-corrected chi connectivity index (χ4v) is 5.57. The first-order valence-corrected chi connectivity index (χ1v) is 14.0. The summed E-state index contributed by atoms with van der Waals surface area (Å²) in [5, 5.41) is 3.49. The summed E-state index contributed by atoms with van der Waals surface area (Å²) in [6, 6.07) is 4.55. The molecular formula is C28H37N7O3. The third kappa shape index (κ3) is 6.24. The molecule has 0 atom stereocenters. The van der Waals surface area contributed by atoms with Crippen LogP contribution >= 0.6 is 0 Å². The molecule has 2 aromatic heterocycles. The number of morpholine rings is 1. The number of nitrogens with one attached hydrogen (secondary N) is 1. The van der Waals surface area contributed by atoms with Gasteiger partial charge in [-0.1, -0.05) is 0 Å². The van der Waals surface area contributed by atoms with Gasteiger partial charge in [-0.05, 0) is 57.7 Å². The minimum atomic E-state index is 0.144. The second-order valence-corrected chi connectivity index (χ2v) is 10.3. The van der Waals surface area contributed by atoms with Crippen LogP contribution in [0.5, 0.6) is 11.5 Å². The summed E-state index contributed by atoms with van der Waals surface area (Å²) >= 11 is 0. The van der Waals surface area contributed by atoms with Crippen molar-refractivity contribution in [2.45, 2.75) is 50.7 Å². The van der Waals surface area contributed by atoms with E-state index in [0.717, 1.165) is 86.8 Å². The Hall–Kier alpha value is -3.24. The van der Waals surface area contributed by atoms with Crippen molar-refractivity contribution in [1.82, 2.24) is 24.8 Å². The summed E-state index contributed by atoms with van der Waals surface area (Å²) in [6.45, 7) is 7.23. The van der Waals surface area contributed by atoms with Gasteiger partial charge in [-0.25, -0.2) is 15.0 Å². The molecule has 0 amide bonds. The van der Waals surface area contributed by atoms with Gasteiger partial charge in [0, 0.05) is 49.8 Å². The molecule has 2 aliphatic heterocycles. The largest absolute Gasteiger partial charge is 0.489 e. The van der Waals surface area contributed by atoms with Crippen molar-refractivity contribution >= 4 is 22.7 Å². The van der Waals surface area contributed by atoms with Gasteiger partial charge in [-0.15, -0.1) is 0 Å². The molecule has 0 spiro atoms. The van der Waals surface area contributed by atoms with Gasteiger partial charge in [0.05, 0.1) is 37.2 Å². The van der Waals surface area contributed by atoms with E-state index in [0.29, 0.717) is 18.6 Å². The number of aromatic nitrogens is 4. The van der Waals surface area contributed by atoms with Crippen molar-refractivity contribution in [2.24, 2.45) is 0 Å². The molecule has 1 N–H and O–H groups in total. The Balaban J connectivity index is 1.01. The number of nitrogens with zero attached hydrogens (tertiary/aromatic N) is 6. The van der Waals surface area contributed by atoms with Crippen molar-refractivity contribution in [3.05, 3.63) is 36.9 Å². The number of hydrogen-bond donors (Lipinski definition) is 1. The molecule has 1 saturated carbocycles. The Morgan fingerprint density at radius 1 is 0.895 bits per heavy atom. The lowest BCUT2D eigenvalue weighted by Gasteiger charge is -2.31. The number of hydrogen-bond acceptors (Lipinski definition) is 10. The van der Waals surface area contributed by atoms with Crippen LogP contribution in [0.3, 0.4) is 0 Å². The standard InChI is InChI=1S/C28H37N7O3/c1-2-10-34(9-1)11-16-37-24-19-31-28(32-20-24)33-21-3-5-23(6-4-21)38-26-18-22(35-12-14-36-15-13-35)17-25-27(26)30-8-7-29-25/h7-8,17-21,23H,1-6,9-16H2,(H,31,32,33). The maximum absolute atomic E-state index is 6.55. The summed E-state index contributed by atoms with van der Waals surface area (Å²) in [6.07, 6.45) is 13.6. The topological polar surface area (TPSA) is 97.8 Å². The number of ether oxygens (including phenoxy) is 3. The van der Waals surface area contributed by atoms with E-state index in [2.05, 4.69) is 47.2 Å². The van der Waals surface area contributed by atoms with Gasteiger partial charge >= 0.3 is 0 Å². The zero-order valence-electron chi connectivity index (χ0n) is 21.9. The highest BCUT2D eigenvalue weighted by molar-refractivity contribution is 5.85.